The number of unbranched alkanes of at least 4 members (excludes halogenated alkanes) is 1. The molecule has 0 radical (unpaired) electrons. The molecule has 1 N–H and O–H groups in total. The molecule has 18 heavy (non-hydrogen) atoms. The van der Waals surface area contributed by atoms with Gasteiger partial charge in [-0.1, -0.05) is 33.1 Å². The molecule has 0 amide bonds. The lowest BCUT2D eigenvalue weighted by atomic mass is 10.0. The van der Waals surface area contributed by atoms with Crippen molar-refractivity contribution >= 4 is 0 Å². The largest absolute Gasteiger partial charge is 0.493 e. The first kappa shape index (κ1) is 15.0. The third kappa shape index (κ3) is 4.65. The fraction of sp³-hybridized carbons (Fsp3) is 0.600. The van der Waals surface area contributed by atoms with Crippen LogP contribution >= 0.6 is 0 Å². The van der Waals surface area contributed by atoms with Crippen molar-refractivity contribution in [2.75, 3.05) is 6.61 Å². The summed E-state index contributed by atoms with van der Waals surface area (Å²) in [5, 5.41) is 9.16. The molecule has 0 aliphatic rings. The van der Waals surface area contributed by atoms with Gasteiger partial charge in [0.1, 0.15) is 11.6 Å². The van der Waals surface area contributed by atoms with Gasteiger partial charge in [0.25, 0.3) is 0 Å². The molecule has 1 unspecified atom stereocenters. The van der Waals surface area contributed by atoms with Gasteiger partial charge in [-0.2, -0.15) is 0 Å². The highest BCUT2D eigenvalue weighted by atomic mass is 19.1. The highest BCUT2D eigenvalue weighted by molar-refractivity contribution is 5.33. The van der Waals surface area contributed by atoms with Crippen molar-refractivity contribution < 1.29 is 14.2 Å². The lowest BCUT2D eigenvalue weighted by molar-refractivity contribution is 0.221. The quantitative estimate of drug-likeness (QED) is 0.762. The topological polar surface area (TPSA) is 29.5 Å². The SMILES string of the molecule is CCCCC(CC)COc1ccc(F)cc1CO. The zero-order valence-electron chi connectivity index (χ0n) is 11.3. The van der Waals surface area contributed by atoms with Gasteiger partial charge >= 0.3 is 0 Å². The Bertz CT molecular complexity index is 352. The Kier molecular flexibility index (Phi) is 6.73. The van der Waals surface area contributed by atoms with Crippen LogP contribution in [0.1, 0.15) is 45.1 Å². The van der Waals surface area contributed by atoms with E-state index in [0.717, 1.165) is 12.8 Å². The molecule has 2 nitrogen and oxygen atoms in total. The van der Waals surface area contributed by atoms with Crippen molar-refractivity contribution in [2.24, 2.45) is 5.92 Å². The van der Waals surface area contributed by atoms with Gasteiger partial charge in [0, 0.05) is 5.56 Å². The third-order valence-electron chi connectivity index (χ3n) is 3.21. The number of benzene rings is 1. The number of aliphatic hydroxyl groups excluding tert-OH is 1. The molecule has 0 spiro atoms. The van der Waals surface area contributed by atoms with Crippen LogP contribution in [0.25, 0.3) is 0 Å². The second-order valence-corrected chi connectivity index (χ2v) is 4.64. The summed E-state index contributed by atoms with van der Waals surface area (Å²) in [6.45, 7) is 4.77. The summed E-state index contributed by atoms with van der Waals surface area (Å²) in [7, 11) is 0. The van der Waals surface area contributed by atoms with Crippen molar-refractivity contribution in [2.45, 2.75) is 46.1 Å². The van der Waals surface area contributed by atoms with Crippen LogP contribution in [0.4, 0.5) is 4.39 Å². The van der Waals surface area contributed by atoms with Crippen LogP contribution in [0.15, 0.2) is 18.2 Å². The molecule has 0 saturated heterocycles. The maximum Gasteiger partial charge on any atom is 0.125 e. The number of rotatable bonds is 8. The van der Waals surface area contributed by atoms with Gasteiger partial charge in [-0.05, 0) is 30.5 Å². The van der Waals surface area contributed by atoms with Gasteiger partial charge in [0.05, 0.1) is 13.2 Å². The molecule has 3 heteroatoms. The van der Waals surface area contributed by atoms with E-state index in [1.807, 2.05) is 0 Å². The van der Waals surface area contributed by atoms with E-state index in [1.165, 1.54) is 25.0 Å². The van der Waals surface area contributed by atoms with E-state index in [2.05, 4.69) is 13.8 Å². The first-order chi connectivity index (χ1) is 8.71. The first-order valence-corrected chi connectivity index (χ1v) is 6.73. The van der Waals surface area contributed by atoms with Crippen LogP contribution in [0.3, 0.4) is 0 Å². The van der Waals surface area contributed by atoms with Crippen LogP contribution in [0.2, 0.25) is 0 Å². The van der Waals surface area contributed by atoms with Crippen LogP contribution in [0.5, 0.6) is 5.75 Å². The molecule has 1 atom stereocenters. The Morgan fingerprint density at radius 3 is 2.72 bits per heavy atom. The summed E-state index contributed by atoms with van der Waals surface area (Å²) in [6, 6.07) is 4.28. The second-order valence-electron chi connectivity index (χ2n) is 4.64. The Morgan fingerprint density at radius 2 is 2.11 bits per heavy atom. The predicted octanol–water partition coefficient (Wildman–Crippen LogP) is 3.91. The lowest BCUT2D eigenvalue weighted by Crippen LogP contribution is -2.12. The smallest absolute Gasteiger partial charge is 0.125 e. The summed E-state index contributed by atoms with van der Waals surface area (Å²) < 4.78 is 18.7. The maximum atomic E-state index is 13.0. The molecule has 1 aromatic carbocycles. The minimum absolute atomic E-state index is 0.196. The molecule has 0 fully saturated rings. The minimum atomic E-state index is -0.343. The van der Waals surface area contributed by atoms with E-state index >= 15 is 0 Å². The fourth-order valence-electron chi connectivity index (χ4n) is 1.92. The monoisotopic (exact) mass is 254 g/mol. The number of hydrogen-bond acceptors (Lipinski definition) is 2. The van der Waals surface area contributed by atoms with E-state index in [1.54, 1.807) is 6.07 Å². The normalized spacial score (nSPS) is 12.4. The molecule has 0 heterocycles. The molecule has 0 aliphatic carbocycles. The van der Waals surface area contributed by atoms with Crippen molar-refractivity contribution in [3.8, 4) is 5.75 Å². The van der Waals surface area contributed by atoms with Crippen LogP contribution in [-0.2, 0) is 6.61 Å². The molecule has 102 valence electrons. The Balaban J connectivity index is 2.56. The van der Waals surface area contributed by atoms with Crippen molar-refractivity contribution in [1.82, 2.24) is 0 Å². The fourth-order valence-corrected chi connectivity index (χ4v) is 1.92. The molecule has 1 rings (SSSR count). The number of hydrogen-bond donors (Lipinski definition) is 1. The van der Waals surface area contributed by atoms with E-state index < -0.39 is 0 Å². The van der Waals surface area contributed by atoms with Crippen LogP contribution in [0, 0.1) is 11.7 Å². The molecule has 0 aromatic heterocycles. The van der Waals surface area contributed by atoms with E-state index in [-0.39, 0.29) is 12.4 Å². The van der Waals surface area contributed by atoms with Gasteiger partial charge in [-0.15, -0.1) is 0 Å². The lowest BCUT2D eigenvalue weighted by Gasteiger charge is -2.17. The Morgan fingerprint density at radius 1 is 1.33 bits per heavy atom. The number of ether oxygens (including phenoxy) is 1. The Labute approximate surface area is 109 Å². The van der Waals surface area contributed by atoms with Gasteiger partial charge in [0.15, 0.2) is 0 Å². The summed E-state index contributed by atoms with van der Waals surface area (Å²) >= 11 is 0. The van der Waals surface area contributed by atoms with Crippen LogP contribution in [-0.4, -0.2) is 11.7 Å². The minimum Gasteiger partial charge on any atom is -0.493 e. The molecule has 0 aliphatic heterocycles. The zero-order chi connectivity index (χ0) is 13.4. The summed E-state index contributed by atoms with van der Waals surface area (Å²) in [5.74, 6) is 0.778. The van der Waals surface area contributed by atoms with Gasteiger partial charge in [-0.3, -0.25) is 0 Å². The first-order valence-electron chi connectivity index (χ1n) is 6.73. The third-order valence-corrected chi connectivity index (χ3v) is 3.21. The molecule has 0 saturated carbocycles. The molecular weight excluding hydrogens is 231 g/mol. The zero-order valence-corrected chi connectivity index (χ0v) is 11.3. The summed E-state index contributed by atoms with van der Waals surface area (Å²) in [6.07, 6.45) is 4.63. The van der Waals surface area contributed by atoms with E-state index in [0.29, 0.717) is 23.8 Å². The highest BCUT2D eigenvalue weighted by Crippen LogP contribution is 2.22. The van der Waals surface area contributed by atoms with Crippen LogP contribution < -0.4 is 4.74 Å². The standard InChI is InChI=1S/C15H23FO2/c1-3-5-6-12(4-2)11-18-15-8-7-14(16)9-13(15)10-17/h7-9,12,17H,3-6,10-11H2,1-2H3. The summed E-state index contributed by atoms with van der Waals surface area (Å²) in [4.78, 5) is 0. The average Bonchev–Trinajstić information content (AvgIpc) is 2.40. The van der Waals surface area contributed by atoms with Crippen molar-refractivity contribution in [3.05, 3.63) is 29.6 Å². The highest BCUT2D eigenvalue weighted by Gasteiger charge is 2.09. The van der Waals surface area contributed by atoms with Crippen molar-refractivity contribution in [3.63, 3.8) is 0 Å². The predicted molar refractivity (Wildman–Crippen MR) is 71.1 cm³/mol. The summed E-state index contributed by atoms with van der Waals surface area (Å²) in [5.41, 5.74) is 0.514. The molecule has 0 bridgehead atoms. The van der Waals surface area contributed by atoms with Crippen molar-refractivity contribution in [1.29, 1.82) is 0 Å². The van der Waals surface area contributed by atoms with Gasteiger partial charge in [-0.25, -0.2) is 4.39 Å². The number of aliphatic hydroxyl groups is 1. The van der Waals surface area contributed by atoms with Gasteiger partial charge < -0.3 is 9.84 Å². The molecular formula is C15H23FO2. The van der Waals surface area contributed by atoms with E-state index in [9.17, 15) is 4.39 Å². The average molecular weight is 254 g/mol. The molecule has 1 aromatic rings. The number of halogens is 1. The Hall–Kier alpha value is -1.09. The maximum absolute atomic E-state index is 13.0. The van der Waals surface area contributed by atoms with Gasteiger partial charge in [0.2, 0.25) is 0 Å². The second kappa shape index (κ2) is 8.09. The van der Waals surface area contributed by atoms with E-state index in [4.69, 9.17) is 9.84 Å².